The number of rotatable bonds is 11. The maximum absolute atomic E-state index is 12.2. The summed E-state index contributed by atoms with van der Waals surface area (Å²) in [4.78, 5) is 34.7. The van der Waals surface area contributed by atoms with Crippen LogP contribution in [0.4, 0.5) is 0 Å². The van der Waals surface area contributed by atoms with E-state index in [4.69, 9.17) is 14.2 Å². The minimum absolute atomic E-state index is 0.0514. The summed E-state index contributed by atoms with van der Waals surface area (Å²) in [6, 6.07) is 3.15. The van der Waals surface area contributed by atoms with Crippen LogP contribution in [0, 0.1) is 0 Å². The van der Waals surface area contributed by atoms with E-state index in [9.17, 15) is 24.6 Å². The van der Waals surface area contributed by atoms with Crippen LogP contribution >= 0.6 is 0 Å². The average molecular weight is 395 g/mol. The summed E-state index contributed by atoms with van der Waals surface area (Å²) < 4.78 is 15.1. The van der Waals surface area contributed by atoms with Crippen LogP contribution in [-0.2, 0) is 35.0 Å². The number of ether oxygens (including phenoxy) is 3. The lowest BCUT2D eigenvalue weighted by molar-refractivity contribution is -0.149. The molecule has 9 heteroatoms. The van der Waals surface area contributed by atoms with Gasteiger partial charge >= 0.3 is 11.9 Å². The minimum atomic E-state index is -0.960. The summed E-state index contributed by atoms with van der Waals surface area (Å²) in [5.74, 6) is -2.20. The molecule has 0 aliphatic rings. The van der Waals surface area contributed by atoms with E-state index >= 15 is 0 Å². The van der Waals surface area contributed by atoms with Crippen molar-refractivity contribution >= 4 is 17.8 Å². The number of hydrogen-bond donors (Lipinski definition) is 3. The zero-order valence-electron chi connectivity index (χ0n) is 15.9. The molecule has 1 aromatic rings. The molecule has 9 nitrogen and oxygen atoms in total. The van der Waals surface area contributed by atoms with Gasteiger partial charge in [-0.3, -0.25) is 4.79 Å². The van der Waals surface area contributed by atoms with Gasteiger partial charge in [0.15, 0.2) is 11.5 Å². The third-order valence-corrected chi connectivity index (χ3v) is 3.42. The van der Waals surface area contributed by atoms with Gasteiger partial charge in [0.2, 0.25) is 5.91 Å². The Morgan fingerprint density at radius 3 is 2.25 bits per heavy atom. The number of benzene rings is 1. The van der Waals surface area contributed by atoms with Crippen molar-refractivity contribution in [1.29, 1.82) is 0 Å². The predicted octanol–water partition coefficient (Wildman–Crippen LogP) is 0.824. The first-order valence-electron chi connectivity index (χ1n) is 8.55. The highest BCUT2D eigenvalue weighted by Crippen LogP contribution is 2.25. The van der Waals surface area contributed by atoms with Gasteiger partial charge in [-0.2, -0.15) is 0 Å². The lowest BCUT2D eigenvalue weighted by Gasteiger charge is -2.17. The maximum Gasteiger partial charge on any atom is 0.333 e. The highest BCUT2D eigenvalue weighted by molar-refractivity contribution is 5.86. The molecule has 0 fully saturated rings. The second-order valence-electron chi connectivity index (χ2n) is 5.98. The van der Waals surface area contributed by atoms with E-state index < -0.39 is 23.9 Å². The quantitative estimate of drug-likeness (QED) is 0.217. The SMILES string of the molecule is C=C(C)C(=O)OCCOCCOC(=O)C(Cc1ccc(O)c(O)c1)NC(C)=O. The Kier molecular flexibility index (Phi) is 9.52. The molecule has 1 unspecified atom stereocenters. The first kappa shape index (κ1) is 23.0. The number of carbonyl (C=O) groups is 3. The smallest absolute Gasteiger partial charge is 0.333 e. The molecule has 154 valence electrons. The highest BCUT2D eigenvalue weighted by Gasteiger charge is 2.22. The van der Waals surface area contributed by atoms with Crippen LogP contribution in [0.15, 0.2) is 30.4 Å². The molecule has 0 bridgehead atoms. The van der Waals surface area contributed by atoms with Crippen LogP contribution in [0.25, 0.3) is 0 Å². The topological polar surface area (TPSA) is 131 Å². The van der Waals surface area contributed by atoms with Crippen LogP contribution < -0.4 is 5.32 Å². The molecule has 1 atom stereocenters. The summed E-state index contributed by atoms with van der Waals surface area (Å²) in [5.41, 5.74) is 0.821. The standard InChI is InChI=1S/C19H25NO8/c1-12(2)18(24)27-8-6-26-7-9-28-19(25)15(20-13(3)21)10-14-4-5-16(22)17(23)11-14/h4-5,11,15,22-23H,1,6-10H2,2-3H3,(H,20,21). The molecule has 0 aliphatic heterocycles. The van der Waals surface area contributed by atoms with Gasteiger partial charge in [-0.25, -0.2) is 9.59 Å². The molecule has 0 spiro atoms. The van der Waals surface area contributed by atoms with E-state index in [-0.39, 0.29) is 44.3 Å². The summed E-state index contributed by atoms with van der Waals surface area (Å²) in [7, 11) is 0. The van der Waals surface area contributed by atoms with Crippen molar-refractivity contribution in [2.45, 2.75) is 26.3 Å². The fourth-order valence-corrected chi connectivity index (χ4v) is 2.09. The van der Waals surface area contributed by atoms with Crippen LogP contribution in [0.3, 0.4) is 0 Å². The van der Waals surface area contributed by atoms with Crippen molar-refractivity contribution in [1.82, 2.24) is 5.32 Å². The highest BCUT2D eigenvalue weighted by atomic mass is 16.6. The Balaban J connectivity index is 2.41. The maximum atomic E-state index is 12.2. The fourth-order valence-electron chi connectivity index (χ4n) is 2.09. The van der Waals surface area contributed by atoms with Gasteiger partial charge in [-0.15, -0.1) is 0 Å². The number of esters is 2. The minimum Gasteiger partial charge on any atom is -0.504 e. The zero-order chi connectivity index (χ0) is 21.1. The summed E-state index contributed by atoms with van der Waals surface area (Å²) in [6.07, 6.45) is 0.0734. The van der Waals surface area contributed by atoms with E-state index in [1.54, 1.807) is 0 Å². The largest absolute Gasteiger partial charge is 0.504 e. The van der Waals surface area contributed by atoms with E-state index in [1.165, 1.54) is 32.0 Å². The molecule has 3 N–H and O–H groups in total. The number of amides is 1. The van der Waals surface area contributed by atoms with Gasteiger partial charge in [-0.05, 0) is 24.6 Å². The molecule has 28 heavy (non-hydrogen) atoms. The molecule has 0 aliphatic carbocycles. The van der Waals surface area contributed by atoms with Crippen molar-refractivity contribution < 1.29 is 38.8 Å². The van der Waals surface area contributed by atoms with Crippen LogP contribution in [0.2, 0.25) is 0 Å². The van der Waals surface area contributed by atoms with Crippen molar-refractivity contribution in [2.24, 2.45) is 0 Å². The summed E-state index contributed by atoms with van der Waals surface area (Å²) >= 11 is 0. The molecule has 1 aromatic carbocycles. The van der Waals surface area contributed by atoms with Gasteiger partial charge in [0.05, 0.1) is 13.2 Å². The number of phenols is 2. The van der Waals surface area contributed by atoms with Crippen molar-refractivity contribution in [3.8, 4) is 11.5 Å². The lowest BCUT2D eigenvalue weighted by atomic mass is 10.1. The summed E-state index contributed by atoms with van der Waals surface area (Å²) in [5, 5.41) is 21.4. The number of hydrogen-bond acceptors (Lipinski definition) is 8. The van der Waals surface area contributed by atoms with Gasteiger partial charge in [-0.1, -0.05) is 12.6 Å². The monoisotopic (exact) mass is 395 g/mol. The van der Waals surface area contributed by atoms with Crippen molar-refractivity contribution in [3.63, 3.8) is 0 Å². The molecule has 0 saturated carbocycles. The Morgan fingerprint density at radius 1 is 1.04 bits per heavy atom. The van der Waals surface area contributed by atoms with E-state index in [0.717, 1.165) is 0 Å². The molecule has 0 radical (unpaired) electrons. The number of phenolic OH excluding ortho intramolecular Hbond substituents is 2. The van der Waals surface area contributed by atoms with Gasteiger partial charge in [0.1, 0.15) is 19.3 Å². The first-order valence-corrected chi connectivity index (χ1v) is 8.55. The van der Waals surface area contributed by atoms with Crippen LogP contribution in [0.1, 0.15) is 19.4 Å². The second-order valence-corrected chi connectivity index (χ2v) is 5.98. The molecule has 0 aromatic heterocycles. The summed E-state index contributed by atoms with van der Waals surface area (Å²) in [6.45, 7) is 6.48. The van der Waals surface area contributed by atoms with Crippen molar-refractivity contribution in [3.05, 3.63) is 35.9 Å². The predicted molar refractivity (Wildman–Crippen MR) is 98.6 cm³/mol. The molecule has 1 amide bonds. The normalized spacial score (nSPS) is 11.4. The van der Waals surface area contributed by atoms with E-state index in [0.29, 0.717) is 11.1 Å². The molecular weight excluding hydrogens is 370 g/mol. The van der Waals surface area contributed by atoms with Crippen LogP contribution in [0.5, 0.6) is 11.5 Å². The average Bonchev–Trinajstić information content (AvgIpc) is 2.62. The molecule has 0 saturated heterocycles. The van der Waals surface area contributed by atoms with Gasteiger partial charge in [0, 0.05) is 18.9 Å². The Morgan fingerprint density at radius 2 is 1.68 bits per heavy atom. The second kappa shape index (κ2) is 11.6. The van der Waals surface area contributed by atoms with Gasteiger partial charge < -0.3 is 29.7 Å². The lowest BCUT2D eigenvalue weighted by Crippen LogP contribution is -2.42. The fraction of sp³-hybridized carbons (Fsp3) is 0.421. The third-order valence-electron chi connectivity index (χ3n) is 3.42. The number of nitrogens with one attached hydrogen (secondary N) is 1. The Labute approximate surface area is 162 Å². The molecule has 1 rings (SSSR count). The van der Waals surface area contributed by atoms with Crippen molar-refractivity contribution in [2.75, 3.05) is 26.4 Å². The molecular formula is C19H25NO8. The third kappa shape index (κ3) is 8.54. The van der Waals surface area contributed by atoms with E-state index in [2.05, 4.69) is 11.9 Å². The van der Waals surface area contributed by atoms with E-state index in [1.807, 2.05) is 0 Å². The Hall–Kier alpha value is -3.07. The zero-order valence-corrected chi connectivity index (χ0v) is 15.9. The van der Waals surface area contributed by atoms with Gasteiger partial charge in [0.25, 0.3) is 0 Å². The molecule has 0 heterocycles. The number of aromatic hydroxyl groups is 2. The van der Waals surface area contributed by atoms with Crippen LogP contribution in [-0.4, -0.2) is 60.5 Å². The first-order chi connectivity index (χ1) is 13.2. The number of carbonyl (C=O) groups excluding carboxylic acids is 3. The Bertz CT molecular complexity index is 716.